The summed E-state index contributed by atoms with van der Waals surface area (Å²) in [5.41, 5.74) is 2.80. The maximum absolute atomic E-state index is 12.8. The van der Waals surface area contributed by atoms with Gasteiger partial charge in [-0.2, -0.15) is 0 Å². The predicted octanol–water partition coefficient (Wildman–Crippen LogP) is 3.62. The molecule has 0 radical (unpaired) electrons. The summed E-state index contributed by atoms with van der Waals surface area (Å²) in [4.78, 5) is 11.8. The van der Waals surface area contributed by atoms with Crippen molar-refractivity contribution >= 4 is 21.5 Å². The Kier molecular flexibility index (Phi) is 4.99. The first-order valence-electron chi connectivity index (χ1n) is 7.45. The highest BCUT2D eigenvalue weighted by Crippen LogP contribution is 2.28. The molecule has 0 heterocycles. The zero-order chi connectivity index (χ0) is 18.1. The average molecular weight is 347 g/mol. The minimum Gasteiger partial charge on any atom is -0.497 e. The fraction of sp³-hybridized carbons (Fsp3) is 0.278. The van der Waals surface area contributed by atoms with Crippen molar-refractivity contribution in [1.82, 2.24) is 0 Å². The van der Waals surface area contributed by atoms with Gasteiger partial charge in [0.25, 0.3) is 10.0 Å². The highest BCUT2D eigenvalue weighted by atomic mass is 32.2. The van der Waals surface area contributed by atoms with Crippen LogP contribution in [0.15, 0.2) is 35.2 Å². The molecule has 0 aromatic heterocycles. The second-order valence-electron chi connectivity index (χ2n) is 5.78. The molecule has 24 heavy (non-hydrogen) atoms. The van der Waals surface area contributed by atoms with Crippen molar-refractivity contribution in [2.45, 2.75) is 32.6 Å². The van der Waals surface area contributed by atoms with Gasteiger partial charge in [0.15, 0.2) is 5.78 Å². The SMILES string of the molecule is COc1cc(C)c(S(=O)(=O)Nc2cc(C(C)=O)ccc2C)c(C)c1. The summed E-state index contributed by atoms with van der Waals surface area (Å²) in [5.74, 6) is 0.492. The van der Waals surface area contributed by atoms with Crippen LogP contribution in [0.2, 0.25) is 0 Å². The lowest BCUT2D eigenvalue weighted by Gasteiger charge is -2.16. The third-order valence-corrected chi connectivity index (χ3v) is 5.50. The molecule has 0 aliphatic rings. The molecular weight excluding hydrogens is 326 g/mol. The number of methoxy groups -OCH3 is 1. The molecule has 2 aromatic carbocycles. The van der Waals surface area contributed by atoms with Crippen LogP contribution in [-0.2, 0) is 10.0 Å². The first kappa shape index (κ1) is 18.0. The van der Waals surface area contributed by atoms with Crippen LogP contribution in [0.1, 0.15) is 34.0 Å². The lowest BCUT2D eigenvalue weighted by molar-refractivity contribution is 0.101. The molecule has 0 amide bonds. The Balaban J connectivity index is 2.50. The van der Waals surface area contributed by atoms with Crippen molar-refractivity contribution in [2.24, 2.45) is 0 Å². The van der Waals surface area contributed by atoms with E-state index in [-0.39, 0.29) is 10.7 Å². The Bertz CT molecular complexity index is 878. The fourth-order valence-corrected chi connectivity index (χ4v) is 4.18. The smallest absolute Gasteiger partial charge is 0.262 e. The van der Waals surface area contributed by atoms with Gasteiger partial charge in [0.1, 0.15) is 5.75 Å². The molecule has 0 unspecified atom stereocenters. The molecule has 2 rings (SSSR count). The fourth-order valence-electron chi connectivity index (χ4n) is 2.60. The van der Waals surface area contributed by atoms with Crippen molar-refractivity contribution < 1.29 is 17.9 Å². The van der Waals surface area contributed by atoms with Gasteiger partial charge in [0.2, 0.25) is 0 Å². The van der Waals surface area contributed by atoms with Crippen LogP contribution in [0.25, 0.3) is 0 Å². The number of aryl methyl sites for hydroxylation is 3. The molecule has 6 heteroatoms. The van der Waals surface area contributed by atoms with E-state index in [1.807, 2.05) is 0 Å². The summed E-state index contributed by atoms with van der Waals surface area (Å²) in [7, 11) is -2.24. The van der Waals surface area contributed by atoms with E-state index in [2.05, 4.69) is 4.72 Å². The molecule has 0 spiro atoms. The van der Waals surface area contributed by atoms with E-state index < -0.39 is 10.0 Å². The van der Waals surface area contributed by atoms with Gasteiger partial charge in [-0.3, -0.25) is 9.52 Å². The Labute approximate surface area is 142 Å². The first-order valence-corrected chi connectivity index (χ1v) is 8.93. The summed E-state index contributed by atoms with van der Waals surface area (Å²) in [6, 6.07) is 8.33. The average Bonchev–Trinajstić information content (AvgIpc) is 2.47. The van der Waals surface area contributed by atoms with Crippen LogP contribution in [0.3, 0.4) is 0 Å². The molecule has 2 aromatic rings. The molecule has 128 valence electrons. The molecule has 1 N–H and O–H groups in total. The zero-order valence-corrected chi connectivity index (χ0v) is 15.2. The maximum Gasteiger partial charge on any atom is 0.262 e. The molecule has 0 aliphatic carbocycles. The summed E-state index contributed by atoms with van der Waals surface area (Å²) in [6.45, 7) is 6.68. The number of benzene rings is 2. The number of Topliss-reactive ketones (excluding diaryl/α,β-unsaturated/α-hetero) is 1. The second kappa shape index (κ2) is 6.65. The Hall–Kier alpha value is -2.34. The van der Waals surface area contributed by atoms with Crippen LogP contribution in [0, 0.1) is 20.8 Å². The first-order chi connectivity index (χ1) is 11.2. The normalized spacial score (nSPS) is 11.2. The largest absolute Gasteiger partial charge is 0.497 e. The lowest BCUT2D eigenvalue weighted by atomic mass is 10.1. The lowest BCUT2D eigenvalue weighted by Crippen LogP contribution is -2.17. The van der Waals surface area contributed by atoms with Crippen molar-refractivity contribution in [1.29, 1.82) is 0 Å². The van der Waals surface area contributed by atoms with Gasteiger partial charge in [0, 0.05) is 5.56 Å². The molecule has 0 fully saturated rings. The van der Waals surface area contributed by atoms with Crippen molar-refractivity contribution in [3.63, 3.8) is 0 Å². The van der Waals surface area contributed by atoms with Crippen molar-refractivity contribution in [3.05, 3.63) is 52.6 Å². The maximum atomic E-state index is 12.8. The van der Waals surface area contributed by atoms with Crippen LogP contribution < -0.4 is 9.46 Å². The minimum atomic E-state index is -3.78. The number of ketones is 1. The van der Waals surface area contributed by atoms with Crippen LogP contribution >= 0.6 is 0 Å². The van der Waals surface area contributed by atoms with Gasteiger partial charge < -0.3 is 4.74 Å². The molecule has 0 aliphatic heterocycles. The quantitative estimate of drug-likeness (QED) is 0.839. The summed E-state index contributed by atoms with van der Waals surface area (Å²) >= 11 is 0. The van der Waals surface area contributed by atoms with Crippen LogP contribution in [0.5, 0.6) is 5.75 Å². The third kappa shape index (κ3) is 3.59. The monoisotopic (exact) mass is 347 g/mol. The Morgan fingerprint density at radius 2 is 1.58 bits per heavy atom. The topological polar surface area (TPSA) is 72.5 Å². The van der Waals surface area contributed by atoms with E-state index in [0.29, 0.717) is 28.1 Å². The van der Waals surface area contributed by atoms with Crippen molar-refractivity contribution in [2.75, 3.05) is 11.8 Å². The number of nitrogens with one attached hydrogen (secondary N) is 1. The molecule has 0 saturated heterocycles. The van der Waals surface area contributed by atoms with E-state index in [4.69, 9.17) is 4.74 Å². The number of hydrogen-bond donors (Lipinski definition) is 1. The van der Waals surface area contributed by atoms with E-state index in [1.165, 1.54) is 14.0 Å². The summed E-state index contributed by atoms with van der Waals surface area (Å²) in [5, 5.41) is 0. The number of hydrogen-bond acceptors (Lipinski definition) is 4. The molecular formula is C18H21NO4S. The molecule has 5 nitrogen and oxygen atoms in total. The van der Waals surface area contributed by atoms with E-state index in [0.717, 1.165) is 5.56 Å². The molecule has 0 bridgehead atoms. The number of carbonyl (C=O) groups is 1. The zero-order valence-electron chi connectivity index (χ0n) is 14.4. The highest BCUT2D eigenvalue weighted by Gasteiger charge is 2.21. The van der Waals surface area contributed by atoms with Gasteiger partial charge in [-0.1, -0.05) is 12.1 Å². The second-order valence-corrected chi connectivity index (χ2v) is 7.40. The Morgan fingerprint density at radius 1 is 1.00 bits per heavy atom. The van der Waals surface area contributed by atoms with Gasteiger partial charge in [-0.15, -0.1) is 0 Å². The summed E-state index contributed by atoms with van der Waals surface area (Å²) in [6.07, 6.45) is 0. The standard InChI is InChI=1S/C18H21NO4S/c1-11-6-7-15(14(4)20)10-17(11)19-24(21,22)18-12(2)8-16(23-5)9-13(18)3/h6-10,19H,1-5H3. The number of rotatable bonds is 5. The van der Waals surface area contributed by atoms with E-state index in [9.17, 15) is 13.2 Å². The number of sulfonamides is 1. The van der Waals surface area contributed by atoms with Gasteiger partial charge in [-0.05, 0) is 62.6 Å². The number of anilines is 1. The summed E-state index contributed by atoms with van der Waals surface area (Å²) < 4.78 is 33.4. The number of carbonyl (C=O) groups excluding carboxylic acids is 1. The number of ether oxygens (including phenoxy) is 1. The van der Waals surface area contributed by atoms with Gasteiger partial charge in [-0.25, -0.2) is 8.42 Å². The van der Waals surface area contributed by atoms with Gasteiger partial charge >= 0.3 is 0 Å². The highest BCUT2D eigenvalue weighted by molar-refractivity contribution is 7.92. The van der Waals surface area contributed by atoms with Gasteiger partial charge in [0.05, 0.1) is 17.7 Å². The molecule has 0 atom stereocenters. The van der Waals surface area contributed by atoms with Crippen LogP contribution in [0.4, 0.5) is 5.69 Å². The Morgan fingerprint density at radius 3 is 2.08 bits per heavy atom. The van der Waals surface area contributed by atoms with Crippen LogP contribution in [-0.4, -0.2) is 21.3 Å². The third-order valence-electron chi connectivity index (χ3n) is 3.83. The molecule has 0 saturated carbocycles. The van der Waals surface area contributed by atoms with E-state index >= 15 is 0 Å². The van der Waals surface area contributed by atoms with Crippen molar-refractivity contribution in [3.8, 4) is 5.75 Å². The predicted molar refractivity (Wildman–Crippen MR) is 94.5 cm³/mol. The minimum absolute atomic E-state index is 0.118. The van der Waals surface area contributed by atoms with E-state index in [1.54, 1.807) is 51.1 Å².